The molecule has 1 aliphatic rings. The van der Waals surface area contributed by atoms with Crippen molar-refractivity contribution in [2.24, 2.45) is 11.3 Å². The van der Waals surface area contributed by atoms with Crippen molar-refractivity contribution in [3.8, 4) is 5.75 Å². The molecule has 0 aliphatic heterocycles. The van der Waals surface area contributed by atoms with E-state index in [1.807, 2.05) is 24.8 Å². The first kappa shape index (κ1) is 14.9. The quantitative estimate of drug-likeness (QED) is 0.909. The van der Waals surface area contributed by atoms with E-state index < -0.39 is 0 Å². The number of aromatic hydroxyl groups is 1. The molecule has 3 nitrogen and oxygen atoms in total. The second kappa shape index (κ2) is 5.47. The molecular weight excluding hydrogens is 250 g/mol. The summed E-state index contributed by atoms with van der Waals surface area (Å²) in [6, 6.07) is 5.22. The van der Waals surface area contributed by atoms with E-state index >= 15 is 0 Å². The molecule has 1 N–H and O–H groups in total. The van der Waals surface area contributed by atoms with Gasteiger partial charge in [-0.25, -0.2) is 0 Å². The van der Waals surface area contributed by atoms with Crippen molar-refractivity contribution < 1.29 is 9.90 Å². The van der Waals surface area contributed by atoms with Gasteiger partial charge in [0.25, 0.3) is 0 Å². The van der Waals surface area contributed by atoms with Crippen molar-refractivity contribution in [3.63, 3.8) is 0 Å². The second-order valence-electron chi connectivity index (χ2n) is 6.49. The van der Waals surface area contributed by atoms with E-state index in [-0.39, 0.29) is 23.0 Å². The van der Waals surface area contributed by atoms with E-state index in [0.717, 1.165) is 30.5 Å². The number of nitrogens with zero attached hydrogens (tertiary/aromatic N) is 1. The zero-order valence-electron chi connectivity index (χ0n) is 12.9. The summed E-state index contributed by atoms with van der Waals surface area (Å²) >= 11 is 0. The summed E-state index contributed by atoms with van der Waals surface area (Å²) in [7, 11) is 0. The molecule has 1 fully saturated rings. The molecule has 0 heterocycles. The van der Waals surface area contributed by atoms with Gasteiger partial charge < -0.3 is 10.0 Å². The maximum Gasteiger partial charge on any atom is 0.230 e. The van der Waals surface area contributed by atoms with Gasteiger partial charge in [0, 0.05) is 18.5 Å². The molecule has 1 atom stereocenters. The van der Waals surface area contributed by atoms with Gasteiger partial charge in [-0.05, 0) is 43.7 Å². The van der Waals surface area contributed by atoms with E-state index in [9.17, 15) is 9.90 Å². The van der Waals surface area contributed by atoms with Crippen molar-refractivity contribution in [2.45, 2.75) is 47.0 Å². The monoisotopic (exact) mass is 275 g/mol. The fraction of sp³-hybridized carbons (Fsp3) is 0.588. The number of hydrogen-bond donors (Lipinski definition) is 1. The van der Waals surface area contributed by atoms with Crippen LogP contribution in [0.4, 0.5) is 5.69 Å². The molecule has 110 valence electrons. The minimum Gasteiger partial charge on any atom is -0.508 e. The molecule has 0 bridgehead atoms. The Hall–Kier alpha value is -1.51. The Balaban J connectivity index is 2.32. The molecule has 1 saturated carbocycles. The molecule has 2 rings (SSSR count). The van der Waals surface area contributed by atoms with Crippen LogP contribution in [0.25, 0.3) is 0 Å². The third kappa shape index (κ3) is 2.67. The lowest BCUT2D eigenvalue weighted by molar-refractivity contribution is -0.124. The van der Waals surface area contributed by atoms with Crippen LogP contribution in [-0.4, -0.2) is 17.6 Å². The Morgan fingerprint density at radius 1 is 1.45 bits per heavy atom. The number of phenolic OH excluding ortho intramolecular Hbond substituents is 1. The van der Waals surface area contributed by atoms with Gasteiger partial charge >= 0.3 is 0 Å². The predicted octanol–water partition coefficient (Wildman–Crippen LogP) is 3.88. The first-order valence-electron chi connectivity index (χ1n) is 7.48. The lowest BCUT2D eigenvalue weighted by Crippen LogP contribution is -2.40. The van der Waals surface area contributed by atoms with Crippen LogP contribution >= 0.6 is 0 Å². The van der Waals surface area contributed by atoms with Crippen LogP contribution < -0.4 is 4.90 Å². The number of carbonyl (C=O) groups excluding carboxylic acids is 1. The molecule has 0 spiro atoms. The van der Waals surface area contributed by atoms with Gasteiger partial charge in [-0.2, -0.15) is 0 Å². The van der Waals surface area contributed by atoms with Gasteiger partial charge in [-0.1, -0.05) is 26.3 Å². The molecule has 0 radical (unpaired) electrons. The highest BCUT2D eigenvalue weighted by Gasteiger charge is 2.41. The van der Waals surface area contributed by atoms with Crippen LogP contribution in [0.2, 0.25) is 0 Å². The Bertz CT molecular complexity index is 508. The number of amides is 1. The zero-order chi connectivity index (χ0) is 14.9. The minimum absolute atomic E-state index is 0.0786. The summed E-state index contributed by atoms with van der Waals surface area (Å²) in [6.45, 7) is 8.97. The largest absolute Gasteiger partial charge is 0.508 e. The van der Waals surface area contributed by atoms with E-state index in [0.29, 0.717) is 6.54 Å². The molecule has 3 heteroatoms. The van der Waals surface area contributed by atoms with Gasteiger partial charge in [0.2, 0.25) is 5.91 Å². The Kier molecular flexibility index (Phi) is 4.07. The Morgan fingerprint density at radius 3 is 2.70 bits per heavy atom. The molecule has 20 heavy (non-hydrogen) atoms. The standard InChI is InChI=1S/C17H25NO2/c1-5-18(15-11-13(19)9-8-12(15)2)16(20)14-7-6-10-17(14,3)4/h8-9,11,14,19H,5-7,10H2,1-4H3. The molecule has 0 aromatic heterocycles. The lowest BCUT2D eigenvalue weighted by atomic mass is 9.81. The maximum absolute atomic E-state index is 12.9. The average molecular weight is 275 g/mol. The van der Waals surface area contributed by atoms with Crippen LogP contribution in [-0.2, 0) is 4.79 Å². The minimum atomic E-state index is 0.0786. The van der Waals surface area contributed by atoms with Crippen molar-refractivity contribution >= 4 is 11.6 Å². The highest BCUT2D eigenvalue weighted by atomic mass is 16.3. The molecule has 1 aromatic rings. The predicted molar refractivity (Wildman–Crippen MR) is 82.0 cm³/mol. The van der Waals surface area contributed by atoms with Gasteiger partial charge in [0.1, 0.15) is 5.75 Å². The van der Waals surface area contributed by atoms with E-state index in [2.05, 4.69) is 13.8 Å². The van der Waals surface area contributed by atoms with Crippen LogP contribution in [0.5, 0.6) is 5.75 Å². The second-order valence-corrected chi connectivity index (χ2v) is 6.49. The number of anilines is 1. The van der Waals surface area contributed by atoms with Gasteiger partial charge in [0.05, 0.1) is 5.69 Å². The fourth-order valence-corrected chi connectivity index (χ4v) is 3.31. The number of hydrogen-bond acceptors (Lipinski definition) is 2. The van der Waals surface area contributed by atoms with Crippen LogP contribution in [0, 0.1) is 18.3 Å². The number of aryl methyl sites for hydroxylation is 1. The van der Waals surface area contributed by atoms with Crippen molar-refractivity contribution in [3.05, 3.63) is 23.8 Å². The summed E-state index contributed by atoms with van der Waals surface area (Å²) in [5, 5.41) is 9.69. The zero-order valence-corrected chi connectivity index (χ0v) is 12.9. The number of carbonyl (C=O) groups is 1. The third-order valence-electron chi connectivity index (χ3n) is 4.62. The smallest absolute Gasteiger partial charge is 0.230 e. The van der Waals surface area contributed by atoms with Crippen molar-refractivity contribution in [1.82, 2.24) is 0 Å². The third-order valence-corrected chi connectivity index (χ3v) is 4.62. The van der Waals surface area contributed by atoms with Gasteiger partial charge in [0.15, 0.2) is 0 Å². The van der Waals surface area contributed by atoms with E-state index in [1.165, 1.54) is 0 Å². The van der Waals surface area contributed by atoms with E-state index in [1.54, 1.807) is 12.1 Å². The van der Waals surface area contributed by atoms with E-state index in [4.69, 9.17) is 0 Å². The summed E-state index contributed by atoms with van der Waals surface area (Å²) in [5.74, 6) is 0.496. The summed E-state index contributed by atoms with van der Waals surface area (Å²) in [6.07, 6.45) is 3.21. The number of rotatable bonds is 3. The molecule has 1 aliphatic carbocycles. The molecular formula is C17H25NO2. The molecule has 0 saturated heterocycles. The summed E-state index contributed by atoms with van der Waals surface area (Å²) in [4.78, 5) is 14.7. The highest BCUT2D eigenvalue weighted by Crippen LogP contribution is 2.44. The number of phenols is 1. The Labute approximate surface area is 121 Å². The van der Waals surface area contributed by atoms with Gasteiger partial charge in [-0.15, -0.1) is 0 Å². The van der Waals surface area contributed by atoms with Crippen LogP contribution in [0.1, 0.15) is 45.6 Å². The van der Waals surface area contributed by atoms with Crippen molar-refractivity contribution in [1.29, 1.82) is 0 Å². The van der Waals surface area contributed by atoms with Crippen LogP contribution in [0.15, 0.2) is 18.2 Å². The van der Waals surface area contributed by atoms with Crippen LogP contribution in [0.3, 0.4) is 0 Å². The normalized spacial score (nSPS) is 20.9. The SMILES string of the molecule is CCN(C(=O)C1CCCC1(C)C)c1cc(O)ccc1C. The van der Waals surface area contributed by atoms with Gasteiger partial charge in [-0.3, -0.25) is 4.79 Å². The molecule has 1 aromatic carbocycles. The first-order valence-corrected chi connectivity index (χ1v) is 7.48. The highest BCUT2D eigenvalue weighted by molar-refractivity contribution is 5.96. The summed E-state index contributed by atoms with van der Waals surface area (Å²) in [5.41, 5.74) is 1.93. The lowest BCUT2D eigenvalue weighted by Gasteiger charge is -2.32. The van der Waals surface area contributed by atoms with Crippen molar-refractivity contribution in [2.75, 3.05) is 11.4 Å². The topological polar surface area (TPSA) is 40.5 Å². The molecule has 1 unspecified atom stereocenters. The Morgan fingerprint density at radius 2 is 2.15 bits per heavy atom. The first-order chi connectivity index (χ1) is 9.36. The molecule has 1 amide bonds. The summed E-state index contributed by atoms with van der Waals surface area (Å²) < 4.78 is 0. The fourth-order valence-electron chi connectivity index (χ4n) is 3.31. The number of benzene rings is 1. The maximum atomic E-state index is 12.9. The average Bonchev–Trinajstić information content (AvgIpc) is 2.74.